The minimum absolute atomic E-state index is 0. The molecule has 1 unspecified atom stereocenters. The van der Waals surface area contributed by atoms with E-state index in [-0.39, 0.29) is 36.5 Å². The summed E-state index contributed by atoms with van der Waals surface area (Å²) >= 11 is 0. The van der Waals surface area contributed by atoms with Crippen molar-refractivity contribution in [1.29, 1.82) is 0 Å². The molecule has 2 heterocycles. The molecular formula is C19H25N4U-. The molecule has 1 aromatic heterocycles. The normalized spacial score (nSPS) is 20.5. The zero-order valence-electron chi connectivity index (χ0n) is 14.1. The molecule has 126 valence electrons. The van der Waals surface area contributed by atoms with Crippen LogP contribution in [-0.4, -0.2) is 23.1 Å². The van der Waals surface area contributed by atoms with Crippen molar-refractivity contribution in [3.05, 3.63) is 55.1 Å². The molecule has 0 saturated carbocycles. The van der Waals surface area contributed by atoms with Crippen molar-refractivity contribution >= 4 is 11.8 Å². The van der Waals surface area contributed by atoms with Crippen molar-refractivity contribution in [2.45, 2.75) is 32.1 Å². The third-order valence-corrected chi connectivity index (χ3v) is 4.62. The van der Waals surface area contributed by atoms with Gasteiger partial charge in [0.1, 0.15) is 5.82 Å². The monoisotopic (exact) mass is 547 g/mol. The second kappa shape index (κ2) is 8.87. The molecular weight excluding hydrogens is 522 g/mol. The van der Waals surface area contributed by atoms with Crippen LogP contribution in [0.1, 0.15) is 31.2 Å². The zero-order chi connectivity index (χ0) is 16.1. The number of hydrogen-bond acceptors (Lipinski definition) is 4. The topological polar surface area (TPSA) is 55.0 Å². The molecule has 0 bridgehead atoms. The van der Waals surface area contributed by atoms with Crippen LogP contribution in [0.3, 0.4) is 0 Å². The van der Waals surface area contributed by atoms with E-state index in [0.29, 0.717) is 5.82 Å². The molecule has 3 rings (SSSR count). The molecule has 0 aliphatic carbocycles. The Morgan fingerprint density at radius 3 is 2.75 bits per heavy atom. The Balaban J connectivity index is 0.00000208. The summed E-state index contributed by atoms with van der Waals surface area (Å²) in [6, 6.07) is 12.4. The molecule has 0 spiro atoms. The number of benzene rings is 1. The maximum absolute atomic E-state index is 5.78. The Kier molecular flexibility index (Phi) is 7.13. The van der Waals surface area contributed by atoms with Crippen LogP contribution in [0.2, 0.25) is 0 Å². The summed E-state index contributed by atoms with van der Waals surface area (Å²) in [5.41, 5.74) is 7.27. The number of nitrogen functional groups attached to an aromatic ring is 1. The van der Waals surface area contributed by atoms with Crippen molar-refractivity contribution in [2.24, 2.45) is 5.41 Å². The molecule has 1 atom stereocenters. The maximum atomic E-state index is 5.78. The fourth-order valence-corrected chi connectivity index (χ4v) is 3.41. The summed E-state index contributed by atoms with van der Waals surface area (Å²) in [4.78, 5) is 11.0. The Bertz CT molecular complexity index is 634. The van der Waals surface area contributed by atoms with Crippen molar-refractivity contribution in [1.82, 2.24) is 9.97 Å². The molecule has 2 aromatic rings. The summed E-state index contributed by atoms with van der Waals surface area (Å²) in [5.74, 6) is 1.26. The number of piperidine rings is 1. The largest absolute Gasteiger partial charge is 0.384 e. The first-order valence-electron chi connectivity index (χ1n) is 8.37. The van der Waals surface area contributed by atoms with E-state index in [9.17, 15) is 0 Å². The second-order valence-corrected chi connectivity index (χ2v) is 6.65. The fourth-order valence-electron chi connectivity index (χ4n) is 3.41. The molecule has 1 aromatic carbocycles. The smallest absolute Gasteiger partial charge is 0.227 e. The minimum atomic E-state index is 0. The van der Waals surface area contributed by atoms with Gasteiger partial charge in [-0.3, -0.25) is 0 Å². The van der Waals surface area contributed by atoms with Gasteiger partial charge in [0.05, 0.1) is 0 Å². The second-order valence-electron chi connectivity index (χ2n) is 6.65. The van der Waals surface area contributed by atoms with Crippen molar-refractivity contribution in [2.75, 3.05) is 23.7 Å². The van der Waals surface area contributed by atoms with Gasteiger partial charge >= 0.3 is 0 Å². The van der Waals surface area contributed by atoms with Gasteiger partial charge < -0.3 is 17.6 Å². The zero-order valence-corrected chi connectivity index (χ0v) is 18.3. The number of nitrogens with two attached hydrogens (primary N) is 1. The summed E-state index contributed by atoms with van der Waals surface area (Å²) in [6.07, 6.45) is 7.44. The van der Waals surface area contributed by atoms with E-state index >= 15 is 0 Å². The van der Waals surface area contributed by atoms with Crippen molar-refractivity contribution < 1.29 is 31.1 Å². The van der Waals surface area contributed by atoms with Gasteiger partial charge in [0, 0.05) is 43.9 Å². The molecule has 1 saturated heterocycles. The number of rotatable bonds is 5. The first-order chi connectivity index (χ1) is 11.1. The summed E-state index contributed by atoms with van der Waals surface area (Å²) in [6.45, 7) is 6.42. The Hall–Kier alpha value is -1.05. The van der Waals surface area contributed by atoms with Crippen molar-refractivity contribution in [3.8, 4) is 0 Å². The van der Waals surface area contributed by atoms with E-state index in [4.69, 9.17) is 5.73 Å². The molecule has 1 aliphatic heterocycles. The van der Waals surface area contributed by atoms with E-state index in [2.05, 4.69) is 52.1 Å². The Morgan fingerprint density at radius 1 is 1.21 bits per heavy atom. The van der Waals surface area contributed by atoms with Gasteiger partial charge in [-0.05, 0) is 31.0 Å². The van der Waals surface area contributed by atoms with Crippen LogP contribution in [0.4, 0.5) is 11.8 Å². The van der Waals surface area contributed by atoms with Crippen LogP contribution in [0.5, 0.6) is 0 Å². The molecule has 24 heavy (non-hydrogen) atoms. The molecule has 0 amide bonds. The first kappa shape index (κ1) is 19.3. The van der Waals surface area contributed by atoms with Crippen LogP contribution in [0.15, 0.2) is 42.6 Å². The minimum Gasteiger partial charge on any atom is -0.384 e. The van der Waals surface area contributed by atoms with Crippen LogP contribution >= 0.6 is 0 Å². The summed E-state index contributed by atoms with van der Waals surface area (Å²) in [7, 11) is 0. The van der Waals surface area contributed by atoms with Gasteiger partial charge in [-0.1, -0.05) is 49.6 Å². The number of hydrogen-bond donors (Lipinski definition) is 1. The van der Waals surface area contributed by atoms with Crippen LogP contribution < -0.4 is 10.6 Å². The van der Waals surface area contributed by atoms with Gasteiger partial charge in [-0.2, -0.15) is 4.98 Å². The molecule has 4 nitrogen and oxygen atoms in total. The standard InChI is InChI=1S/C19H25N4.U/c1-19(11-5-9-16-7-3-2-4-8-16)12-6-14-23(15-19)18-21-13-10-17(20)22-18;/h2-4,7-8,10,13H,1,5-6,9,11-12,14-15H2,(H2,20,21,22);/q-1;. The van der Waals surface area contributed by atoms with Gasteiger partial charge in [-0.15, -0.1) is 5.41 Å². The Morgan fingerprint density at radius 2 is 2.00 bits per heavy atom. The predicted molar refractivity (Wildman–Crippen MR) is 95.1 cm³/mol. The van der Waals surface area contributed by atoms with E-state index in [0.717, 1.165) is 38.3 Å². The quantitative estimate of drug-likeness (QED) is 0.583. The van der Waals surface area contributed by atoms with Crippen molar-refractivity contribution in [3.63, 3.8) is 0 Å². The number of anilines is 2. The van der Waals surface area contributed by atoms with Gasteiger partial charge in [0.15, 0.2) is 0 Å². The Labute approximate surface area is 168 Å². The molecule has 5 heteroatoms. The van der Waals surface area contributed by atoms with E-state index in [1.165, 1.54) is 18.4 Å². The molecule has 2 N–H and O–H groups in total. The SMILES string of the molecule is [CH2-]C1(CCCc2ccccc2)CCCN(c2nccc(N)n2)C1.[U]. The van der Waals surface area contributed by atoms with Crippen LogP contribution in [0, 0.1) is 43.5 Å². The maximum Gasteiger partial charge on any atom is 0.227 e. The summed E-state index contributed by atoms with van der Waals surface area (Å²) in [5, 5.41) is 0. The van der Waals surface area contributed by atoms with Gasteiger partial charge in [0.25, 0.3) is 0 Å². The molecule has 1 aliphatic rings. The number of aryl methyl sites for hydroxylation is 1. The molecule has 0 radical (unpaired) electrons. The van der Waals surface area contributed by atoms with Gasteiger partial charge in [0.2, 0.25) is 5.95 Å². The third-order valence-electron chi connectivity index (χ3n) is 4.62. The number of nitrogens with zero attached hydrogens (tertiary/aromatic N) is 3. The summed E-state index contributed by atoms with van der Waals surface area (Å²) < 4.78 is 0. The van der Waals surface area contributed by atoms with E-state index < -0.39 is 0 Å². The predicted octanol–water partition coefficient (Wildman–Crippen LogP) is 3.50. The average molecular weight is 547 g/mol. The van der Waals surface area contributed by atoms with E-state index in [1.54, 1.807) is 12.3 Å². The fraction of sp³-hybridized carbons (Fsp3) is 0.421. The first-order valence-corrected chi connectivity index (χ1v) is 8.37. The molecule has 1 fully saturated rings. The van der Waals surface area contributed by atoms with Gasteiger partial charge in [-0.25, -0.2) is 4.98 Å². The average Bonchev–Trinajstić information content (AvgIpc) is 2.56. The van der Waals surface area contributed by atoms with Crippen LogP contribution in [-0.2, 0) is 6.42 Å². The van der Waals surface area contributed by atoms with E-state index in [1.807, 2.05) is 0 Å². The van der Waals surface area contributed by atoms with Crippen LogP contribution in [0.25, 0.3) is 0 Å². The third kappa shape index (κ3) is 5.23. The number of aromatic nitrogens is 2.